The topological polar surface area (TPSA) is 81.0 Å². The van der Waals surface area contributed by atoms with Gasteiger partial charge in [0.1, 0.15) is 5.75 Å². The lowest BCUT2D eigenvalue weighted by Gasteiger charge is -2.22. The summed E-state index contributed by atoms with van der Waals surface area (Å²) in [6.07, 6.45) is 2.51. The van der Waals surface area contributed by atoms with Crippen molar-refractivity contribution in [2.24, 2.45) is 5.92 Å². The van der Waals surface area contributed by atoms with E-state index in [0.29, 0.717) is 31.5 Å². The molecule has 1 aromatic rings. The number of hydrogen-bond donors (Lipinski definition) is 3. The second-order valence-electron chi connectivity index (χ2n) is 5.84. The number of halogens is 2. The van der Waals surface area contributed by atoms with Gasteiger partial charge in [0.15, 0.2) is 0 Å². The zero-order valence-electron chi connectivity index (χ0n) is 14.2. The summed E-state index contributed by atoms with van der Waals surface area (Å²) in [5.41, 5.74) is 0.660. The van der Waals surface area contributed by atoms with E-state index in [1.165, 1.54) is 0 Å². The number of aliphatic hydroxyl groups excluding tert-OH is 1. The summed E-state index contributed by atoms with van der Waals surface area (Å²) in [4.78, 5) is 13.1. The lowest BCUT2D eigenvalue weighted by molar-refractivity contribution is -0.142. The number of carboxylic acid groups (broad SMARTS) is 1. The number of hydrogen-bond acceptors (Lipinski definition) is 4. The first kappa shape index (κ1) is 25.2. The van der Waals surface area contributed by atoms with E-state index in [1.807, 2.05) is 11.9 Å². The Balaban J connectivity index is 0. The smallest absolute Gasteiger partial charge is 0.306 e. The van der Waals surface area contributed by atoms with E-state index in [0.717, 1.165) is 12.8 Å². The van der Waals surface area contributed by atoms with Crippen molar-refractivity contribution in [1.82, 2.24) is 4.90 Å². The Morgan fingerprint density at radius 1 is 1.25 bits per heavy atom. The normalized spacial score (nSPS) is 12.8. The largest absolute Gasteiger partial charge is 0.508 e. The molecule has 0 heterocycles. The highest BCUT2D eigenvalue weighted by Gasteiger charge is 2.18. The van der Waals surface area contributed by atoms with Crippen LogP contribution in [-0.4, -0.2) is 46.3 Å². The maximum absolute atomic E-state index is 11.2. The minimum absolute atomic E-state index is 0. The lowest BCUT2D eigenvalue weighted by Crippen LogP contribution is -2.28. The van der Waals surface area contributed by atoms with Crippen LogP contribution in [0.5, 0.6) is 5.75 Å². The molecule has 0 fully saturated rings. The summed E-state index contributed by atoms with van der Waals surface area (Å²) in [6, 6.07) is 6.56. The van der Waals surface area contributed by atoms with Gasteiger partial charge in [-0.1, -0.05) is 31.9 Å². The van der Waals surface area contributed by atoms with Gasteiger partial charge in [-0.25, -0.2) is 0 Å². The molecule has 0 spiro atoms. The van der Waals surface area contributed by atoms with Crippen molar-refractivity contribution in [3.63, 3.8) is 0 Å². The van der Waals surface area contributed by atoms with Crippen molar-refractivity contribution in [1.29, 1.82) is 0 Å². The summed E-state index contributed by atoms with van der Waals surface area (Å²) >= 11 is 0. The quantitative estimate of drug-likeness (QED) is 0.577. The third-order valence-corrected chi connectivity index (χ3v) is 3.85. The average Bonchev–Trinajstić information content (AvgIpc) is 2.46. The number of benzene rings is 1. The summed E-state index contributed by atoms with van der Waals surface area (Å²) < 4.78 is 0. The number of unbranched alkanes of at least 4 members (excludes halogenated alkanes) is 1. The molecule has 3 N–H and O–H groups in total. The predicted octanol–water partition coefficient (Wildman–Crippen LogP) is 3.48. The minimum Gasteiger partial charge on any atom is -0.508 e. The number of carbonyl (C=O) groups is 1. The molecule has 5 nitrogen and oxygen atoms in total. The SMILES string of the molecule is CCCCC(CCN(C)C[C@@H](O)c1cccc(O)c1)C(=O)O.Cl.Cl. The molecule has 2 atom stereocenters. The Hall–Kier alpha value is -1.01. The monoisotopic (exact) mass is 381 g/mol. The summed E-state index contributed by atoms with van der Waals surface area (Å²) in [5, 5.41) is 28.8. The molecule has 1 rings (SSSR count). The molecule has 1 unspecified atom stereocenters. The van der Waals surface area contributed by atoms with E-state index in [1.54, 1.807) is 24.3 Å². The van der Waals surface area contributed by atoms with Gasteiger partial charge in [0.05, 0.1) is 12.0 Å². The van der Waals surface area contributed by atoms with Crippen LogP contribution >= 0.6 is 24.8 Å². The van der Waals surface area contributed by atoms with Gasteiger partial charge in [0.2, 0.25) is 0 Å². The van der Waals surface area contributed by atoms with Crippen LogP contribution in [0.15, 0.2) is 24.3 Å². The Kier molecular flexibility index (Phi) is 14.0. The van der Waals surface area contributed by atoms with Gasteiger partial charge in [-0.05, 0) is 44.1 Å². The van der Waals surface area contributed by atoms with Gasteiger partial charge in [-0.3, -0.25) is 4.79 Å². The molecule has 0 radical (unpaired) electrons. The zero-order valence-corrected chi connectivity index (χ0v) is 15.9. The van der Waals surface area contributed by atoms with E-state index in [2.05, 4.69) is 6.92 Å². The number of nitrogens with zero attached hydrogens (tertiary/aromatic N) is 1. The Labute approximate surface area is 156 Å². The number of carboxylic acids is 1. The molecule has 24 heavy (non-hydrogen) atoms. The molecule has 1 aromatic carbocycles. The molecule has 0 bridgehead atoms. The van der Waals surface area contributed by atoms with Crippen LogP contribution in [0.1, 0.15) is 44.3 Å². The maximum Gasteiger partial charge on any atom is 0.306 e. The fourth-order valence-electron chi connectivity index (χ4n) is 2.44. The van der Waals surface area contributed by atoms with E-state index in [-0.39, 0.29) is 36.5 Å². The van der Waals surface area contributed by atoms with Crippen molar-refractivity contribution < 1.29 is 20.1 Å². The van der Waals surface area contributed by atoms with Gasteiger partial charge >= 0.3 is 5.97 Å². The Morgan fingerprint density at radius 3 is 2.46 bits per heavy atom. The van der Waals surface area contributed by atoms with Crippen molar-refractivity contribution in [3.05, 3.63) is 29.8 Å². The molecule has 0 aliphatic carbocycles. The van der Waals surface area contributed by atoms with E-state index in [4.69, 9.17) is 0 Å². The maximum atomic E-state index is 11.2. The van der Waals surface area contributed by atoms with Crippen LogP contribution in [-0.2, 0) is 4.79 Å². The van der Waals surface area contributed by atoms with Crippen LogP contribution in [0.3, 0.4) is 0 Å². The van der Waals surface area contributed by atoms with Crippen molar-refractivity contribution in [2.75, 3.05) is 20.1 Å². The third kappa shape index (κ3) is 9.33. The number of phenolic OH excluding ortho intramolecular Hbond substituents is 1. The first-order valence-electron chi connectivity index (χ1n) is 7.82. The van der Waals surface area contributed by atoms with Crippen molar-refractivity contribution >= 4 is 30.8 Å². The van der Waals surface area contributed by atoms with Gasteiger partial charge in [-0.2, -0.15) is 0 Å². The number of likely N-dealkylation sites (N-methyl/N-ethyl adjacent to an activating group) is 1. The van der Waals surface area contributed by atoms with Crippen LogP contribution in [0.25, 0.3) is 0 Å². The highest BCUT2D eigenvalue weighted by molar-refractivity contribution is 5.85. The van der Waals surface area contributed by atoms with Gasteiger partial charge in [0, 0.05) is 6.54 Å². The molecule has 0 aliphatic rings. The Morgan fingerprint density at radius 2 is 1.92 bits per heavy atom. The summed E-state index contributed by atoms with van der Waals surface area (Å²) in [5.74, 6) is -0.930. The minimum atomic E-state index is -0.740. The molecule has 0 aromatic heterocycles. The molecular weight excluding hydrogens is 353 g/mol. The molecule has 0 amide bonds. The van der Waals surface area contributed by atoms with Crippen molar-refractivity contribution in [3.8, 4) is 5.75 Å². The van der Waals surface area contributed by atoms with Crippen LogP contribution in [0, 0.1) is 5.92 Å². The first-order chi connectivity index (χ1) is 10.4. The number of rotatable bonds is 10. The fraction of sp³-hybridized carbons (Fsp3) is 0.588. The van der Waals surface area contributed by atoms with Crippen LogP contribution < -0.4 is 0 Å². The summed E-state index contributed by atoms with van der Waals surface area (Å²) in [7, 11) is 1.87. The van der Waals surface area contributed by atoms with Gasteiger partial charge < -0.3 is 20.2 Å². The van der Waals surface area contributed by atoms with Gasteiger partial charge in [-0.15, -0.1) is 24.8 Å². The highest BCUT2D eigenvalue weighted by atomic mass is 35.5. The lowest BCUT2D eigenvalue weighted by atomic mass is 9.98. The number of phenols is 1. The third-order valence-electron chi connectivity index (χ3n) is 3.85. The van der Waals surface area contributed by atoms with E-state index >= 15 is 0 Å². The van der Waals surface area contributed by atoms with Crippen LogP contribution in [0.2, 0.25) is 0 Å². The highest BCUT2D eigenvalue weighted by Crippen LogP contribution is 2.19. The van der Waals surface area contributed by atoms with Gasteiger partial charge in [0.25, 0.3) is 0 Å². The van der Waals surface area contributed by atoms with E-state index < -0.39 is 12.1 Å². The van der Waals surface area contributed by atoms with E-state index in [9.17, 15) is 20.1 Å². The van der Waals surface area contributed by atoms with Crippen molar-refractivity contribution in [2.45, 2.75) is 38.7 Å². The second kappa shape index (κ2) is 13.3. The fourth-order valence-corrected chi connectivity index (χ4v) is 2.44. The molecule has 0 saturated carbocycles. The average molecular weight is 382 g/mol. The molecule has 7 heteroatoms. The standard InChI is InChI=1S/C17H27NO4.2ClH/c1-3-4-6-13(17(21)22)9-10-18(2)12-16(20)14-7-5-8-15(19)11-14;;/h5,7-8,11,13,16,19-20H,3-4,6,9-10,12H2,1-2H3,(H,21,22);2*1H/t13?,16-;;/m1../s1. The number of aliphatic carboxylic acids is 1. The van der Waals surface area contributed by atoms with Crippen LogP contribution in [0.4, 0.5) is 0 Å². The summed E-state index contributed by atoms with van der Waals surface area (Å²) in [6.45, 7) is 3.08. The Bertz CT molecular complexity index is 474. The predicted molar refractivity (Wildman–Crippen MR) is 100 cm³/mol. The first-order valence-corrected chi connectivity index (χ1v) is 7.82. The molecule has 0 aliphatic heterocycles. The second-order valence-corrected chi connectivity index (χ2v) is 5.84. The number of aliphatic hydroxyl groups is 1. The molecule has 0 saturated heterocycles. The zero-order chi connectivity index (χ0) is 16.5. The molecular formula is C17H29Cl2NO4. The molecule has 140 valence electrons. The number of aromatic hydroxyl groups is 1.